The molecule has 0 bridgehead atoms. The lowest BCUT2D eigenvalue weighted by atomic mass is 10.0. The molecule has 2 heterocycles. The predicted octanol–water partition coefficient (Wildman–Crippen LogP) is -3.35. The van der Waals surface area contributed by atoms with Crippen LogP contribution in [-0.4, -0.2) is 128 Å². The lowest BCUT2D eigenvalue weighted by Gasteiger charge is -2.29. The first-order valence-corrected chi connectivity index (χ1v) is 14.6. The summed E-state index contributed by atoms with van der Waals surface area (Å²) in [5, 5.41) is 56.6. The number of carbonyl (C=O) groups excluding carboxylic acids is 5. The van der Waals surface area contributed by atoms with E-state index in [0.717, 1.165) is 22.7 Å². The topological polar surface area (TPSA) is 278 Å². The summed E-state index contributed by atoms with van der Waals surface area (Å²) in [6, 6.07) is -6.26. The average Bonchev–Trinajstić information content (AvgIpc) is 3.36. The van der Waals surface area contributed by atoms with Crippen molar-refractivity contribution in [2.75, 3.05) is 25.5 Å². The van der Waals surface area contributed by atoms with E-state index in [-0.39, 0.29) is 41.2 Å². The molecule has 44 heavy (non-hydrogen) atoms. The van der Waals surface area contributed by atoms with Gasteiger partial charge in [-0.3, -0.25) is 24.0 Å². The van der Waals surface area contributed by atoms with Crippen molar-refractivity contribution in [1.29, 1.82) is 0 Å². The fraction of sp³-hybridized carbons (Fsp3) is 0.538. The Morgan fingerprint density at radius 3 is 2.52 bits per heavy atom. The number of hydrogen-bond acceptors (Lipinski definition) is 13. The SMILES string of the molecule is Cc1c(O)cc(O)c2c1C(=O)OC[C@@H](NC(=O)[C@@H]1[C@H](O)CCN1C(=O)C(N)CO)C(=O)N[C@H](C(=O)N[C@@H](C)C(=O)O)CSC2. The minimum absolute atomic E-state index is 0.0158. The van der Waals surface area contributed by atoms with Gasteiger partial charge in [0.2, 0.25) is 23.6 Å². The van der Waals surface area contributed by atoms with Crippen LogP contribution >= 0.6 is 11.8 Å². The van der Waals surface area contributed by atoms with Crippen molar-refractivity contribution in [2.45, 2.75) is 62.3 Å². The summed E-state index contributed by atoms with van der Waals surface area (Å²) in [7, 11) is 0. The molecule has 0 saturated carbocycles. The largest absolute Gasteiger partial charge is 0.508 e. The quantitative estimate of drug-likeness (QED) is 0.132. The smallest absolute Gasteiger partial charge is 0.339 e. The van der Waals surface area contributed by atoms with E-state index in [1.54, 1.807) is 0 Å². The summed E-state index contributed by atoms with van der Waals surface area (Å²) >= 11 is 0.990. The maximum atomic E-state index is 13.4. The molecule has 1 saturated heterocycles. The minimum atomic E-state index is -1.70. The molecule has 242 valence electrons. The van der Waals surface area contributed by atoms with E-state index in [1.807, 2.05) is 0 Å². The number of cyclic esters (lactones) is 1. The number of phenols is 2. The van der Waals surface area contributed by atoms with Crippen molar-refractivity contribution in [1.82, 2.24) is 20.9 Å². The van der Waals surface area contributed by atoms with Crippen LogP contribution in [-0.2, 0) is 34.5 Å². The van der Waals surface area contributed by atoms with Gasteiger partial charge in [-0.2, -0.15) is 11.8 Å². The number of carboxylic acids is 1. The van der Waals surface area contributed by atoms with Crippen LogP contribution in [0.2, 0.25) is 0 Å². The van der Waals surface area contributed by atoms with Crippen molar-refractivity contribution >= 4 is 47.3 Å². The molecule has 17 nitrogen and oxygen atoms in total. The summed E-state index contributed by atoms with van der Waals surface area (Å²) in [4.78, 5) is 77.7. The second kappa shape index (κ2) is 14.6. The number of hydrogen-bond donors (Lipinski definition) is 9. The first-order valence-electron chi connectivity index (χ1n) is 13.5. The van der Waals surface area contributed by atoms with Gasteiger partial charge in [-0.05, 0) is 20.3 Å². The monoisotopic (exact) mass is 641 g/mol. The highest BCUT2D eigenvalue weighted by Crippen LogP contribution is 2.35. The van der Waals surface area contributed by atoms with Gasteiger partial charge < -0.3 is 56.9 Å². The maximum absolute atomic E-state index is 13.4. The molecule has 0 radical (unpaired) electrons. The molecule has 0 aliphatic carbocycles. The van der Waals surface area contributed by atoms with E-state index >= 15 is 0 Å². The van der Waals surface area contributed by atoms with E-state index in [9.17, 15) is 54.3 Å². The molecule has 1 aromatic rings. The maximum Gasteiger partial charge on any atom is 0.339 e. The summed E-state index contributed by atoms with van der Waals surface area (Å²) in [6.07, 6.45) is -1.38. The first-order chi connectivity index (χ1) is 20.7. The molecule has 0 spiro atoms. The molecule has 1 aromatic carbocycles. The number of aliphatic carboxylic acids is 1. The second-order valence-corrected chi connectivity index (χ2v) is 11.3. The van der Waals surface area contributed by atoms with Gasteiger partial charge in [-0.15, -0.1) is 0 Å². The first kappa shape index (κ1) is 34.4. The molecular weight excluding hydrogens is 606 g/mol. The van der Waals surface area contributed by atoms with E-state index in [2.05, 4.69) is 16.0 Å². The Morgan fingerprint density at radius 2 is 1.89 bits per heavy atom. The minimum Gasteiger partial charge on any atom is -0.508 e. The third-order valence-electron chi connectivity index (χ3n) is 7.19. The van der Waals surface area contributed by atoms with Crippen molar-refractivity contribution < 1.29 is 59.0 Å². The number of aliphatic hydroxyl groups is 2. The van der Waals surface area contributed by atoms with E-state index in [4.69, 9.17) is 10.5 Å². The zero-order valence-corrected chi connectivity index (χ0v) is 24.6. The summed E-state index contributed by atoms with van der Waals surface area (Å²) in [5.74, 6) is -7.27. The average molecular weight is 642 g/mol. The number of nitrogens with zero attached hydrogens (tertiary/aromatic N) is 1. The lowest BCUT2D eigenvalue weighted by Crippen LogP contribution is -2.61. The number of aliphatic hydroxyl groups excluding tert-OH is 2. The predicted molar refractivity (Wildman–Crippen MR) is 151 cm³/mol. The third kappa shape index (κ3) is 7.68. The van der Waals surface area contributed by atoms with Gasteiger partial charge in [0, 0.05) is 35.2 Å². The van der Waals surface area contributed by atoms with Crippen LogP contribution in [0, 0.1) is 6.92 Å². The molecule has 10 N–H and O–H groups in total. The summed E-state index contributed by atoms with van der Waals surface area (Å²) in [6.45, 7) is 0.965. The highest BCUT2D eigenvalue weighted by Gasteiger charge is 2.43. The number of carboxylic acid groups (broad SMARTS) is 1. The highest BCUT2D eigenvalue weighted by molar-refractivity contribution is 7.98. The Balaban J connectivity index is 1.96. The number of thioether (sulfide) groups is 1. The zero-order chi connectivity index (χ0) is 32.9. The number of phenolic OH excluding ortho intramolecular Hbond substituents is 2. The van der Waals surface area contributed by atoms with Crippen LogP contribution in [0.5, 0.6) is 11.5 Å². The van der Waals surface area contributed by atoms with Gasteiger partial charge in [-0.25, -0.2) is 4.79 Å². The Morgan fingerprint density at radius 1 is 1.20 bits per heavy atom. The van der Waals surface area contributed by atoms with E-state index < -0.39 is 96.6 Å². The number of aromatic hydroxyl groups is 2. The summed E-state index contributed by atoms with van der Waals surface area (Å²) < 4.78 is 5.31. The van der Waals surface area contributed by atoms with Crippen LogP contribution in [0.1, 0.15) is 34.8 Å². The van der Waals surface area contributed by atoms with Gasteiger partial charge in [-0.1, -0.05) is 0 Å². The number of nitrogens with one attached hydrogen (secondary N) is 3. The van der Waals surface area contributed by atoms with Gasteiger partial charge >= 0.3 is 11.9 Å². The molecule has 1 unspecified atom stereocenters. The third-order valence-corrected chi connectivity index (χ3v) is 8.25. The lowest BCUT2D eigenvalue weighted by molar-refractivity contribution is -0.143. The van der Waals surface area contributed by atoms with Gasteiger partial charge in [0.15, 0.2) is 0 Å². The van der Waals surface area contributed by atoms with E-state index in [1.165, 1.54) is 13.8 Å². The van der Waals surface area contributed by atoms with Gasteiger partial charge in [0.1, 0.15) is 48.3 Å². The van der Waals surface area contributed by atoms with Crippen molar-refractivity contribution in [3.63, 3.8) is 0 Å². The molecule has 2 aliphatic heterocycles. The zero-order valence-electron chi connectivity index (χ0n) is 23.8. The molecule has 0 aromatic heterocycles. The standard InChI is InChI=1S/C26H35N5O12S/c1-10-17(34)5-18(35)12-8-44-9-15(22(37)28-11(2)25(40)41)30-21(36)14(7-43-26(42)19(10)12)29-23(38)20-16(33)3-4-31(20)24(39)13(27)6-32/h5,11,13-16,20,32-35H,3-4,6-9,27H2,1-2H3,(H,28,37)(H,29,38)(H,30,36)(H,40,41)/t11-,13?,14+,15-,16+,20-/m0/s1. The van der Waals surface area contributed by atoms with Crippen LogP contribution in [0.3, 0.4) is 0 Å². The van der Waals surface area contributed by atoms with Crippen molar-refractivity contribution in [2.24, 2.45) is 5.73 Å². The summed E-state index contributed by atoms with van der Waals surface area (Å²) in [5.41, 5.74) is 5.51. The number of amides is 4. The number of likely N-dealkylation sites (tertiary alicyclic amines) is 1. The van der Waals surface area contributed by atoms with Crippen LogP contribution in [0.25, 0.3) is 0 Å². The number of rotatable bonds is 7. The number of fused-ring (bicyclic) bond motifs is 1. The number of benzene rings is 1. The Labute approximate surface area is 255 Å². The molecule has 18 heteroatoms. The second-order valence-electron chi connectivity index (χ2n) is 10.3. The van der Waals surface area contributed by atoms with Crippen molar-refractivity contribution in [3.05, 3.63) is 22.8 Å². The Hall–Kier alpha value is -4.13. The van der Waals surface area contributed by atoms with Crippen molar-refractivity contribution in [3.8, 4) is 11.5 Å². The normalized spacial score (nSPS) is 24.0. The highest BCUT2D eigenvalue weighted by atomic mass is 32.2. The number of ether oxygens (including phenoxy) is 1. The fourth-order valence-corrected chi connectivity index (χ4v) is 5.73. The molecule has 6 atom stereocenters. The van der Waals surface area contributed by atoms with Crippen LogP contribution in [0.4, 0.5) is 0 Å². The molecule has 3 rings (SSSR count). The molecular formula is C26H35N5O12S. The van der Waals surface area contributed by atoms with Gasteiger partial charge in [0.25, 0.3) is 0 Å². The molecule has 2 aliphatic rings. The van der Waals surface area contributed by atoms with Crippen LogP contribution in [0.15, 0.2) is 6.07 Å². The molecule has 1 fully saturated rings. The van der Waals surface area contributed by atoms with Gasteiger partial charge in [0.05, 0.1) is 18.3 Å². The number of esters is 1. The number of carbonyl (C=O) groups is 6. The Kier molecular flexibility index (Phi) is 11.4. The fourth-order valence-electron chi connectivity index (χ4n) is 4.64. The Bertz CT molecular complexity index is 1330. The number of nitrogens with two attached hydrogens (primary N) is 1. The molecule has 4 amide bonds. The van der Waals surface area contributed by atoms with E-state index in [0.29, 0.717) is 0 Å². The van der Waals surface area contributed by atoms with Crippen LogP contribution < -0.4 is 21.7 Å².